The standard InChI is InChI=1S/C18H24N2O4/c21-16(13-20-11-7-2-1-6-10-17(20)22)19-15(18(23)24)12-14-8-4-3-5-9-14/h3-5,8-9,15H,1-2,6-7,10-13H2,(H,19,21)(H,23,24). The van der Waals surface area contributed by atoms with Crippen LogP contribution in [0, 0.1) is 0 Å². The van der Waals surface area contributed by atoms with Crippen LogP contribution in [-0.2, 0) is 20.8 Å². The van der Waals surface area contributed by atoms with Crippen molar-refractivity contribution in [1.29, 1.82) is 0 Å². The normalized spacial score (nSPS) is 16.8. The lowest BCUT2D eigenvalue weighted by Crippen LogP contribution is -2.48. The van der Waals surface area contributed by atoms with Crippen LogP contribution in [0.3, 0.4) is 0 Å². The lowest BCUT2D eigenvalue weighted by Gasteiger charge is -2.25. The van der Waals surface area contributed by atoms with Gasteiger partial charge >= 0.3 is 5.97 Å². The first-order valence-corrected chi connectivity index (χ1v) is 8.40. The van der Waals surface area contributed by atoms with E-state index in [4.69, 9.17) is 0 Å². The molecule has 2 amide bonds. The Morgan fingerprint density at radius 2 is 1.83 bits per heavy atom. The number of rotatable bonds is 6. The third kappa shape index (κ3) is 5.68. The maximum absolute atomic E-state index is 12.2. The van der Waals surface area contributed by atoms with Crippen molar-refractivity contribution in [1.82, 2.24) is 10.2 Å². The Kier molecular flexibility index (Phi) is 6.78. The average Bonchev–Trinajstić information content (AvgIpc) is 2.55. The van der Waals surface area contributed by atoms with Crippen molar-refractivity contribution in [2.75, 3.05) is 13.1 Å². The van der Waals surface area contributed by atoms with E-state index in [0.717, 1.165) is 31.2 Å². The molecule has 24 heavy (non-hydrogen) atoms. The number of carboxylic acids is 1. The van der Waals surface area contributed by atoms with Crippen molar-refractivity contribution in [2.24, 2.45) is 0 Å². The molecule has 2 N–H and O–H groups in total. The van der Waals surface area contributed by atoms with Gasteiger partial charge in [-0.2, -0.15) is 0 Å². The Morgan fingerprint density at radius 3 is 2.54 bits per heavy atom. The SMILES string of the molecule is O=C(CN1CCCCCCC1=O)NC(Cc1ccccc1)C(=O)O. The third-order valence-corrected chi connectivity index (χ3v) is 4.17. The lowest BCUT2D eigenvalue weighted by molar-refractivity contribution is -0.142. The summed E-state index contributed by atoms with van der Waals surface area (Å²) in [5.41, 5.74) is 0.840. The zero-order valence-electron chi connectivity index (χ0n) is 13.7. The number of likely N-dealkylation sites (tertiary alicyclic amines) is 1. The molecule has 0 radical (unpaired) electrons. The molecular formula is C18H24N2O4. The summed E-state index contributed by atoms with van der Waals surface area (Å²) in [5, 5.41) is 11.9. The van der Waals surface area contributed by atoms with Crippen LogP contribution < -0.4 is 5.32 Å². The van der Waals surface area contributed by atoms with Gasteiger partial charge in [0, 0.05) is 19.4 Å². The highest BCUT2D eigenvalue weighted by Gasteiger charge is 2.23. The first kappa shape index (κ1) is 18.0. The van der Waals surface area contributed by atoms with E-state index < -0.39 is 17.9 Å². The smallest absolute Gasteiger partial charge is 0.326 e. The highest BCUT2D eigenvalue weighted by atomic mass is 16.4. The topological polar surface area (TPSA) is 86.7 Å². The van der Waals surface area contributed by atoms with Crippen LogP contribution in [0.1, 0.15) is 37.7 Å². The quantitative estimate of drug-likeness (QED) is 0.828. The van der Waals surface area contributed by atoms with Crippen LogP contribution in [0.15, 0.2) is 30.3 Å². The second-order valence-electron chi connectivity index (χ2n) is 6.13. The van der Waals surface area contributed by atoms with E-state index in [-0.39, 0.29) is 18.9 Å². The Balaban J connectivity index is 1.92. The summed E-state index contributed by atoms with van der Waals surface area (Å²) >= 11 is 0. The second kappa shape index (κ2) is 9.05. The van der Waals surface area contributed by atoms with Crippen molar-refractivity contribution >= 4 is 17.8 Å². The van der Waals surface area contributed by atoms with Crippen LogP contribution in [0.5, 0.6) is 0 Å². The van der Waals surface area contributed by atoms with Gasteiger partial charge in [-0.05, 0) is 18.4 Å². The van der Waals surface area contributed by atoms with Crippen LogP contribution >= 0.6 is 0 Å². The van der Waals surface area contributed by atoms with Gasteiger partial charge in [-0.25, -0.2) is 4.79 Å². The zero-order chi connectivity index (χ0) is 17.4. The first-order chi connectivity index (χ1) is 11.6. The molecule has 0 bridgehead atoms. The minimum Gasteiger partial charge on any atom is -0.480 e. The van der Waals surface area contributed by atoms with Crippen molar-refractivity contribution in [2.45, 2.75) is 44.6 Å². The van der Waals surface area contributed by atoms with E-state index >= 15 is 0 Å². The molecule has 0 saturated carbocycles. The summed E-state index contributed by atoms with van der Waals surface area (Å²) in [6.07, 6.45) is 4.50. The Labute approximate surface area is 141 Å². The lowest BCUT2D eigenvalue weighted by atomic mass is 10.1. The maximum Gasteiger partial charge on any atom is 0.326 e. The van der Waals surface area contributed by atoms with E-state index in [0.29, 0.717) is 13.0 Å². The van der Waals surface area contributed by atoms with Gasteiger partial charge in [-0.3, -0.25) is 9.59 Å². The van der Waals surface area contributed by atoms with Gasteiger partial charge in [0.05, 0.1) is 6.54 Å². The van der Waals surface area contributed by atoms with Crippen molar-refractivity contribution < 1.29 is 19.5 Å². The third-order valence-electron chi connectivity index (χ3n) is 4.17. The molecule has 6 heteroatoms. The molecule has 130 valence electrons. The number of aliphatic carboxylic acids is 1. The number of amides is 2. The molecule has 6 nitrogen and oxygen atoms in total. The predicted octanol–water partition coefficient (Wildman–Crippen LogP) is 1.59. The number of carboxylic acid groups (broad SMARTS) is 1. The highest BCUT2D eigenvalue weighted by Crippen LogP contribution is 2.11. The van der Waals surface area contributed by atoms with Gasteiger partial charge in [-0.15, -0.1) is 0 Å². The van der Waals surface area contributed by atoms with Crippen molar-refractivity contribution in [3.63, 3.8) is 0 Å². The molecule has 1 saturated heterocycles. The van der Waals surface area contributed by atoms with E-state index in [1.54, 1.807) is 0 Å². The predicted molar refractivity (Wildman–Crippen MR) is 89.4 cm³/mol. The zero-order valence-corrected chi connectivity index (χ0v) is 13.7. The molecule has 1 aliphatic rings. The first-order valence-electron chi connectivity index (χ1n) is 8.40. The van der Waals surface area contributed by atoms with Gasteiger partial charge in [0.15, 0.2) is 0 Å². The number of carbonyl (C=O) groups is 3. The van der Waals surface area contributed by atoms with Crippen LogP contribution in [0.4, 0.5) is 0 Å². The molecule has 1 aromatic carbocycles. The molecule has 1 aromatic rings. The minimum atomic E-state index is -1.08. The van der Waals surface area contributed by atoms with Gasteiger partial charge in [0.2, 0.25) is 11.8 Å². The number of carbonyl (C=O) groups excluding carboxylic acids is 2. The number of hydrogen-bond donors (Lipinski definition) is 2. The molecule has 1 heterocycles. The second-order valence-corrected chi connectivity index (χ2v) is 6.13. The van der Waals surface area contributed by atoms with Crippen LogP contribution in [-0.4, -0.2) is 46.9 Å². The van der Waals surface area contributed by atoms with E-state index in [2.05, 4.69) is 5.32 Å². The average molecular weight is 332 g/mol. The maximum atomic E-state index is 12.2. The Morgan fingerprint density at radius 1 is 1.12 bits per heavy atom. The molecule has 1 unspecified atom stereocenters. The minimum absolute atomic E-state index is 0.0280. The largest absolute Gasteiger partial charge is 0.480 e. The molecule has 1 fully saturated rings. The van der Waals surface area contributed by atoms with E-state index in [1.807, 2.05) is 30.3 Å². The molecule has 0 aliphatic carbocycles. The number of nitrogens with zero attached hydrogens (tertiary/aromatic N) is 1. The summed E-state index contributed by atoms with van der Waals surface area (Å²) in [6.45, 7) is 0.486. The molecule has 0 aromatic heterocycles. The Hall–Kier alpha value is -2.37. The molecule has 2 rings (SSSR count). The summed E-state index contributed by atoms with van der Waals surface area (Å²) in [5.74, 6) is -1.53. The highest BCUT2D eigenvalue weighted by molar-refractivity contribution is 5.88. The summed E-state index contributed by atoms with van der Waals surface area (Å²) < 4.78 is 0. The van der Waals surface area contributed by atoms with Gasteiger partial charge in [0.1, 0.15) is 6.04 Å². The van der Waals surface area contributed by atoms with Gasteiger partial charge in [-0.1, -0.05) is 43.2 Å². The fraction of sp³-hybridized carbons (Fsp3) is 0.500. The van der Waals surface area contributed by atoms with Gasteiger partial charge in [0.25, 0.3) is 0 Å². The van der Waals surface area contributed by atoms with Gasteiger partial charge < -0.3 is 15.3 Å². The fourth-order valence-electron chi connectivity index (χ4n) is 2.85. The van der Waals surface area contributed by atoms with Crippen molar-refractivity contribution in [3.8, 4) is 0 Å². The van der Waals surface area contributed by atoms with Crippen molar-refractivity contribution in [3.05, 3.63) is 35.9 Å². The molecular weight excluding hydrogens is 308 g/mol. The Bertz CT molecular complexity index is 574. The number of nitrogens with one attached hydrogen (secondary N) is 1. The fourth-order valence-corrected chi connectivity index (χ4v) is 2.85. The molecule has 0 spiro atoms. The summed E-state index contributed by atoms with van der Waals surface area (Å²) in [7, 11) is 0. The van der Waals surface area contributed by atoms with Crippen LogP contribution in [0.25, 0.3) is 0 Å². The number of hydrogen-bond acceptors (Lipinski definition) is 3. The molecule has 1 aliphatic heterocycles. The van der Waals surface area contributed by atoms with E-state index in [9.17, 15) is 19.5 Å². The monoisotopic (exact) mass is 332 g/mol. The van der Waals surface area contributed by atoms with E-state index in [1.165, 1.54) is 4.90 Å². The molecule has 1 atom stereocenters. The summed E-state index contributed by atoms with van der Waals surface area (Å²) in [6, 6.07) is 8.16. The number of benzene rings is 1. The summed E-state index contributed by atoms with van der Waals surface area (Å²) in [4.78, 5) is 37.2. The van der Waals surface area contributed by atoms with Crippen LogP contribution in [0.2, 0.25) is 0 Å².